The number of carbonyl (C=O) groups is 1. The molecular formula is C24H17FN2O5. The maximum absolute atomic E-state index is 13.0. The summed E-state index contributed by atoms with van der Waals surface area (Å²) in [5.41, 5.74) is 2.21. The summed E-state index contributed by atoms with van der Waals surface area (Å²) in [6.45, 7) is 1.84. The average molecular weight is 432 g/mol. The molecule has 0 bridgehead atoms. The van der Waals surface area contributed by atoms with Crippen LogP contribution < -0.4 is 4.74 Å². The molecule has 0 spiro atoms. The lowest BCUT2D eigenvalue weighted by molar-refractivity contribution is -0.385. The number of nitrogens with zero attached hydrogens (tertiary/aromatic N) is 2. The molecule has 0 radical (unpaired) electrons. The first-order valence-corrected chi connectivity index (χ1v) is 9.65. The maximum atomic E-state index is 13.0. The Bertz CT molecular complexity index is 1270. The molecule has 4 rings (SSSR count). The summed E-state index contributed by atoms with van der Waals surface area (Å²) < 4.78 is 24.0. The Morgan fingerprint density at radius 2 is 1.88 bits per heavy atom. The maximum Gasteiger partial charge on any atom is 0.363 e. The molecule has 3 aromatic carbocycles. The zero-order chi connectivity index (χ0) is 22.7. The van der Waals surface area contributed by atoms with Crippen LogP contribution >= 0.6 is 0 Å². The van der Waals surface area contributed by atoms with Crippen molar-refractivity contribution in [2.24, 2.45) is 4.99 Å². The van der Waals surface area contributed by atoms with E-state index in [1.165, 1.54) is 24.3 Å². The normalized spacial score (nSPS) is 14.2. The smallest absolute Gasteiger partial charge is 0.363 e. The van der Waals surface area contributed by atoms with Crippen LogP contribution in [0.25, 0.3) is 6.08 Å². The summed E-state index contributed by atoms with van der Waals surface area (Å²) in [6.07, 6.45) is 1.55. The molecule has 0 atom stereocenters. The Morgan fingerprint density at radius 1 is 1.12 bits per heavy atom. The first kappa shape index (κ1) is 20.9. The molecule has 160 valence electrons. The molecule has 1 heterocycles. The molecule has 0 aromatic heterocycles. The van der Waals surface area contributed by atoms with Crippen molar-refractivity contribution in [3.63, 3.8) is 0 Å². The highest BCUT2D eigenvalue weighted by Crippen LogP contribution is 2.26. The summed E-state index contributed by atoms with van der Waals surface area (Å²) in [5, 5.41) is 11.2. The second-order valence-corrected chi connectivity index (χ2v) is 7.03. The van der Waals surface area contributed by atoms with Gasteiger partial charge in [0.2, 0.25) is 5.90 Å². The number of nitro groups is 1. The SMILES string of the molecule is Cc1c(C2=N/C(=C\c3cccc(OCc4ccc(F)cc4)c3)C(=O)O2)cccc1[N+](=O)[O-]. The van der Waals surface area contributed by atoms with Gasteiger partial charge in [0.1, 0.15) is 18.2 Å². The van der Waals surface area contributed by atoms with E-state index < -0.39 is 10.9 Å². The van der Waals surface area contributed by atoms with Gasteiger partial charge in [0.25, 0.3) is 5.69 Å². The highest BCUT2D eigenvalue weighted by atomic mass is 19.1. The predicted molar refractivity (Wildman–Crippen MR) is 116 cm³/mol. The standard InChI is InChI=1S/C24H17FN2O5/c1-15-20(6-3-7-22(15)27(29)30)23-26-21(24(28)32-23)13-17-4-2-5-19(12-17)31-14-16-8-10-18(25)11-9-16/h2-13H,14H2,1H3/b21-13-. The van der Waals surface area contributed by atoms with Crippen LogP contribution in [0.2, 0.25) is 0 Å². The van der Waals surface area contributed by atoms with Crippen molar-refractivity contribution >= 4 is 23.6 Å². The molecule has 0 unspecified atom stereocenters. The number of cyclic esters (lactones) is 1. The van der Waals surface area contributed by atoms with Crippen LogP contribution in [0.15, 0.2) is 77.4 Å². The zero-order valence-electron chi connectivity index (χ0n) is 16.9. The van der Waals surface area contributed by atoms with Crippen LogP contribution in [-0.4, -0.2) is 16.8 Å². The molecule has 1 aliphatic heterocycles. The Hall–Kier alpha value is -4.33. The highest BCUT2D eigenvalue weighted by Gasteiger charge is 2.27. The fourth-order valence-electron chi connectivity index (χ4n) is 3.18. The number of hydrogen-bond acceptors (Lipinski definition) is 6. The summed E-state index contributed by atoms with van der Waals surface area (Å²) in [4.78, 5) is 27.2. The quantitative estimate of drug-likeness (QED) is 0.237. The van der Waals surface area contributed by atoms with E-state index in [4.69, 9.17) is 9.47 Å². The van der Waals surface area contributed by atoms with Crippen molar-refractivity contribution in [3.05, 3.63) is 111 Å². The lowest BCUT2D eigenvalue weighted by atomic mass is 10.1. The molecule has 7 nitrogen and oxygen atoms in total. The molecule has 0 aliphatic carbocycles. The Kier molecular flexibility index (Phi) is 5.76. The van der Waals surface area contributed by atoms with E-state index in [0.717, 1.165) is 5.56 Å². The van der Waals surface area contributed by atoms with Crippen LogP contribution in [0.1, 0.15) is 22.3 Å². The van der Waals surface area contributed by atoms with Gasteiger partial charge < -0.3 is 9.47 Å². The van der Waals surface area contributed by atoms with E-state index in [1.807, 2.05) is 0 Å². The molecule has 0 saturated carbocycles. The summed E-state index contributed by atoms with van der Waals surface area (Å²) in [6, 6.07) is 17.6. The van der Waals surface area contributed by atoms with Crippen LogP contribution in [0, 0.1) is 22.9 Å². The van der Waals surface area contributed by atoms with E-state index >= 15 is 0 Å². The minimum atomic E-state index is -0.650. The number of nitro benzene ring substituents is 1. The van der Waals surface area contributed by atoms with E-state index in [1.54, 1.807) is 55.5 Å². The number of esters is 1. The van der Waals surface area contributed by atoms with E-state index in [9.17, 15) is 19.3 Å². The zero-order valence-corrected chi connectivity index (χ0v) is 16.9. The Morgan fingerprint density at radius 3 is 2.62 bits per heavy atom. The average Bonchev–Trinajstić information content (AvgIpc) is 3.13. The van der Waals surface area contributed by atoms with Gasteiger partial charge >= 0.3 is 5.97 Å². The number of benzene rings is 3. The predicted octanol–water partition coefficient (Wildman–Crippen LogP) is 4.97. The van der Waals surface area contributed by atoms with Crippen molar-refractivity contribution in [2.75, 3.05) is 0 Å². The largest absolute Gasteiger partial charge is 0.489 e. The Labute approximate surface area is 182 Å². The van der Waals surface area contributed by atoms with E-state index in [0.29, 0.717) is 22.4 Å². The molecule has 0 amide bonds. The lowest BCUT2D eigenvalue weighted by Crippen LogP contribution is -2.08. The molecular weight excluding hydrogens is 415 g/mol. The van der Waals surface area contributed by atoms with Gasteiger partial charge in [0.05, 0.1) is 4.92 Å². The third-order valence-electron chi connectivity index (χ3n) is 4.83. The van der Waals surface area contributed by atoms with Gasteiger partial charge in [0, 0.05) is 17.2 Å². The molecule has 0 saturated heterocycles. The van der Waals surface area contributed by atoms with Crippen LogP contribution in [0.3, 0.4) is 0 Å². The molecule has 8 heteroatoms. The fraction of sp³-hybridized carbons (Fsp3) is 0.0833. The van der Waals surface area contributed by atoms with Gasteiger partial charge in [-0.25, -0.2) is 14.2 Å². The van der Waals surface area contributed by atoms with E-state index in [-0.39, 0.29) is 29.7 Å². The van der Waals surface area contributed by atoms with Gasteiger partial charge in [-0.3, -0.25) is 10.1 Å². The summed E-state index contributed by atoms with van der Waals surface area (Å²) in [7, 11) is 0. The topological polar surface area (TPSA) is 91.0 Å². The van der Waals surface area contributed by atoms with Crippen LogP contribution in [0.5, 0.6) is 5.75 Å². The Balaban J connectivity index is 1.55. The summed E-state index contributed by atoms with van der Waals surface area (Å²) in [5.74, 6) is -0.380. The first-order chi connectivity index (χ1) is 15.4. The van der Waals surface area contributed by atoms with Crippen molar-refractivity contribution in [1.29, 1.82) is 0 Å². The van der Waals surface area contributed by atoms with Gasteiger partial charge in [-0.1, -0.05) is 30.3 Å². The van der Waals surface area contributed by atoms with Gasteiger partial charge in [-0.2, -0.15) is 0 Å². The number of aliphatic imine (C=N–C) groups is 1. The lowest BCUT2D eigenvalue weighted by Gasteiger charge is -2.07. The van der Waals surface area contributed by atoms with Crippen LogP contribution in [-0.2, 0) is 16.1 Å². The third-order valence-corrected chi connectivity index (χ3v) is 4.83. The number of rotatable bonds is 6. The van der Waals surface area contributed by atoms with Gasteiger partial charge in [-0.15, -0.1) is 0 Å². The highest BCUT2D eigenvalue weighted by molar-refractivity contribution is 6.13. The minimum Gasteiger partial charge on any atom is -0.489 e. The van der Waals surface area contributed by atoms with E-state index in [2.05, 4.69) is 4.99 Å². The third kappa shape index (κ3) is 4.54. The van der Waals surface area contributed by atoms with Crippen LogP contribution in [0.4, 0.5) is 10.1 Å². The second-order valence-electron chi connectivity index (χ2n) is 7.03. The molecule has 0 fully saturated rings. The fourth-order valence-corrected chi connectivity index (χ4v) is 3.18. The molecule has 32 heavy (non-hydrogen) atoms. The van der Waals surface area contributed by atoms with Crippen molar-refractivity contribution in [3.8, 4) is 5.75 Å². The van der Waals surface area contributed by atoms with Crippen molar-refractivity contribution < 1.29 is 23.6 Å². The number of carbonyl (C=O) groups excluding carboxylic acids is 1. The minimum absolute atomic E-state index is 0.0196. The number of halogens is 1. The van der Waals surface area contributed by atoms with Gasteiger partial charge in [-0.05, 0) is 54.5 Å². The second kappa shape index (κ2) is 8.81. The van der Waals surface area contributed by atoms with Crippen molar-refractivity contribution in [1.82, 2.24) is 0 Å². The monoisotopic (exact) mass is 432 g/mol. The van der Waals surface area contributed by atoms with Gasteiger partial charge in [0.15, 0.2) is 5.70 Å². The molecule has 3 aromatic rings. The molecule has 1 aliphatic rings. The van der Waals surface area contributed by atoms with Crippen molar-refractivity contribution in [2.45, 2.75) is 13.5 Å². The summed E-state index contributed by atoms with van der Waals surface area (Å²) >= 11 is 0. The number of hydrogen-bond donors (Lipinski definition) is 0. The first-order valence-electron chi connectivity index (χ1n) is 9.65. The molecule has 0 N–H and O–H groups in total. The number of ether oxygens (including phenoxy) is 2.